The van der Waals surface area contributed by atoms with Gasteiger partial charge in [0.25, 0.3) is 5.56 Å². The van der Waals surface area contributed by atoms with Gasteiger partial charge >= 0.3 is 11.7 Å². The zero-order valence-corrected chi connectivity index (χ0v) is 12.4. The van der Waals surface area contributed by atoms with E-state index in [1.54, 1.807) is 13.8 Å². The van der Waals surface area contributed by atoms with Crippen molar-refractivity contribution in [3.05, 3.63) is 31.5 Å². The molecule has 0 saturated heterocycles. The van der Waals surface area contributed by atoms with Crippen LogP contribution >= 0.6 is 15.9 Å². The van der Waals surface area contributed by atoms with Crippen LogP contribution in [0.25, 0.3) is 0 Å². The molecule has 0 bridgehead atoms. The zero-order valence-electron chi connectivity index (χ0n) is 10.8. The second-order valence-corrected chi connectivity index (χ2v) is 5.52. The lowest BCUT2D eigenvalue weighted by Crippen LogP contribution is -2.51. The minimum absolute atomic E-state index is 0.123. The van der Waals surface area contributed by atoms with Crippen molar-refractivity contribution in [3.63, 3.8) is 0 Å². The molecule has 8 heteroatoms. The third-order valence-corrected chi connectivity index (χ3v) is 3.07. The first-order chi connectivity index (χ1) is 8.70. The minimum Gasteiger partial charge on any atom is -0.480 e. The van der Waals surface area contributed by atoms with Crippen LogP contribution in [0.2, 0.25) is 0 Å². The highest BCUT2D eigenvalue weighted by Crippen LogP contribution is 2.12. The fourth-order valence-corrected chi connectivity index (χ4v) is 2.20. The van der Waals surface area contributed by atoms with Gasteiger partial charge in [0, 0.05) is 13.3 Å². The normalized spacial score (nSPS) is 11.6. The topological polar surface area (TPSA) is 90.5 Å². The molecule has 7 nitrogen and oxygen atoms in total. The van der Waals surface area contributed by atoms with Gasteiger partial charge < -0.3 is 9.84 Å². The molecule has 1 rings (SSSR count). The molecule has 0 aromatic carbocycles. The summed E-state index contributed by atoms with van der Waals surface area (Å²) in [6.07, 6.45) is 1.18. The average Bonchev–Trinajstić information content (AvgIpc) is 2.25. The Morgan fingerprint density at radius 2 is 2.05 bits per heavy atom. The number of hydrogen-bond donors (Lipinski definition) is 1. The van der Waals surface area contributed by atoms with Crippen LogP contribution in [0.3, 0.4) is 0 Å². The summed E-state index contributed by atoms with van der Waals surface area (Å²) in [6, 6.07) is 0. The smallest absolute Gasteiger partial charge is 0.332 e. The molecule has 0 aliphatic heterocycles. The molecule has 0 amide bonds. The van der Waals surface area contributed by atoms with Crippen LogP contribution in [0.4, 0.5) is 0 Å². The summed E-state index contributed by atoms with van der Waals surface area (Å²) >= 11 is 3.04. The molecule has 0 radical (unpaired) electrons. The Kier molecular flexibility index (Phi) is 4.70. The predicted molar refractivity (Wildman–Crippen MR) is 71.5 cm³/mol. The van der Waals surface area contributed by atoms with Crippen LogP contribution in [0, 0.1) is 0 Å². The van der Waals surface area contributed by atoms with Gasteiger partial charge in [0.2, 0.25) is 0 Å². The highest BCUT2D eigenvalue weighted by atomic mass is 79.9. The van der Waals surface area contributed by atoms with Crippen LogP contribution in [0.15, 0.2) is 20.3 Å². The number of nitrogens with zero attached hydrogens (tertiary/aromatic N) is 2. The van der Waals surface area contributed by atoms with Gasteiger partial charge in [-0.3, -0.25) is 18.7 Å². The number of carboxylic acid groups (broad SMARTS) is 1. The van der Waals surface area contributed by atoms with E-state index < -0.39 is 29.3 Å². The van der Waals surface area contributed by atoms with E-state index in [1.807, 2.05) is 0 Å². The number of halogens is 1. The molecule has 1 N–H and O–H groups in total. The lowest BCUT2D eigenvalue weighted by atomic mass is 10.1. The van der Waals surface area contributed by atoms with Crippen molar-refractivity contribution in [1.82, 2.24) is 9.13 Å². The average molecular weight is 335 g/mol. The quantitative estimate of drug-likeness (QED) is 0.832. The fraction of sp³-hybridized carbons (Fsp3) is 0.545. The Morgan fingerprint density at radius 3 is 2.53 bits per heavy atom. The molecule has 0 fully saturated rings. The van der Waals surface area contributed by atoms with Crippen LogP contribution in [0.1, 0.15) is 13.8 Å². The van der Waals surface area contributed by atoms with Gasteiger partial charge in [-0.2, -0.15) is 0 Å². The highest BCUT2D eigenvalue weighted by Gasteiger charge is 2.26. The molecule has 106 valence electrons. The van der Waals surface area contributed by atoms with Crippen molar-refractivity contribution in [2.45, 2.75) is 25.9 Å². The summed E-state index contributed by atoms with van der Waals surface area (Å²) < 4.78 is 7.07. The lowest BCUT2D eigenvalue weighted by Gasteiger charge is -2.26. The molecule has 1 aromatic rings. The van der Waals surface area contributed by atoms with Crippen LogP contribution in [-0.2, 0) is 21.6 Å². The van der Waals surface area contributed by atoms with Gasteiger partial charge in [0.1, 0.15) is 6.54 Å². The highest BCUT2D eigenvalue weighted by molar-refractivity contribution is 9.10. The maximum atomic E-state index is 12.2. The number of carboxylic acids is 1. The van der Waals surface area contributed by atoms with Crippen molar-refractivity contribution < 1.29 is 14.6 Å². The lowest BCUT2D eigenvalue weighted by molar-refractivity contribution is -0.137. The molecule has 0 atom stereocenters. The molecule has 0 aliphatic rings. The van der Waals surface area contributed by atoms with Gasteiger partial charge in [0.15, 0.2) is 0 Å². The molecule has 1 heterocycles. The van der Waals surface area contributed by atoms with Gasteiger partial charge in [0.05, 0.1) is 16.6 Å². The van der Waals surface area contributed by atoms with Crippen LogP contribution in [-0.4, -0.2) is 33.9 Å². The van der Waals surface area contributed by atoms with E-state index >= 15 is 0 Å². The van der Waals surface area contributed by atoms with Crippen molar-refractivity contribution in [2.75, 3.05) is 13.7 Å². The Morgan fingerprint density at radius 1 is 1.47 bits per heavy atom. The number of aromatic nitrogens is 2. The Hall–Kier alpha value is -1.41. The summed E-state index contributed by atoms with van der Waals surface area (Å²) in [4.78, 5) is 35.0. The summed E-state index contributed by atoms with van der Waals surface area (Å²) in [6.45, 7) is 2.96. The monoisotopic (exact) mass is 334 g/mol. The number of carbonyl (C=O) groups is 1. The molecular formula is C11H15BrN2O5. The summed E-state index contributed by atoms with van der Waals surface area (Å²) in [5, 5.41) is 8.76. The largest absolute Gasteiger partial charge is 0.480 e. The number of methoxy groups -OCH3 is 1. The van der Waals surface area contributed by atoms with Crippen LogP contribution < -0.4 is 11.2 Å². The summed E-state index contributed by atoms with van der Waals surface area (Å²) in [7, 11) is 1.46. The first-order valence-electron chi connectivity index (χ1n) is 5.44. The third-order valence-electron chi connectivity index (χ3n) is 2.52. The zero-order chi connectivity index (χ0) is 14.8. The van der Waals surface area contributed by atoms with E-state index in [2.05, 4.69) is 15.9 Å². The SMILES string of the molecule is COCC(C)(C)n1c(=O)c(Br)cn(CC(=O)O)c1=O. The maximum Gasteiger partial charge on any atom is 0.332 e. The minimum atomic E-state index is -1.16. The van der Waals surface area contributed by atoms with E-state index in [4.69, 9.17) is 9.84 Å². The summed E-state index contributed by atoms with van der Waals surface area (Å²) in [5.74, 6) is -1.16. The Balaban J connectivity index is 3.55. The molecule has 0 unspecified atom stereocenters. The molecular weight excluding hydrogens is 320 g/mol. The van der Waals surface area contributed by atoms with Gasteiger partial charge in [-0.05, 0) is 29.8 Å². The molecule has 0 aliphatic carbocycles. The van der Waals surface area contributed by atoms with Gasteiger partial charge in [-0.1, -0.05) is 0 Å². The second-order valence-electron chi connectivity index (χ2n) is 4.67. The standard InChI is InChI=1S/C11H15BrN2O5/c1-11(2,6-19-3)14-9(17)7(12)4-13(10(14)18)5-8(15)16/h4H,5-6H2,1-3H3,(H,15,16). The number of aliphatic carboxylic acids is 1. The molecule has 0 saturated carbocycles. The predicted octanol–water partition coefficient (Wildman–Crippen LogP) is 0.239. The van der Waals surface area contributed by atoms with Gasteiger partial charge in [-0.25, -0.2) is 4.79 Å². The Bertz CT molecular complexity index is 602. The molecule has 0 spiro atoms. The van der Waals surface area contributed by atoms with Crippen molar-refractivity contribution in [3.8, 4) is 0 Å². The first-order valence-corrected chi connectivity index (χ1v) is 6.23. The van der Waals surface area contributed by atoms with Crippen molar-refractivity contribution in [1.29, 1.82) is 0 Å². The van der Waals surface area contributed by atoms with E-state index in [0.29, 0.717) is 0 Å². The molecule has 1 aromatic heterocycles. The van der Waals surface area contributed by atoms with E-state index in [0.717, 1.165) is 9.13 Å². The number of rotatable bonds is 5. The van der Waals surface area contributed by atoms with Gasteiger partial charge in [-0.15, -0.1) is 0 Å². The molecule has 19 heavy (non-hydrogen) atoms. The van der Waals surface area contributed by atoms with E-state index in [-0.39, 0.29) is 11.1 Å². The maximum absolute atomic E-state index is 12.2. The fourth-order valence-electron chi connectivity index (χ4n) is 1.78. The Labute approximate surface area is 117 Å². The first kappa shape index (κ1) is 15.6. The van der Waals surface area contributed by atoms with Crippen LogP contribution in [0.5, 0.6) is 0 Å². The second kappa shape index (κ2) is 5.70. The summed E-state index contributed by atoms with van der Waals surface area (Å²) in [5.41, 5.74) is -2.08. The van der Waals surface area contributed by atoms with E-state index in [1.165, 1.54) is 13.3 Å². The number of hydrogen-bond acceptors (Lipinski definition) is 4. The van der Waals surface area contributed by atoms with E-state index in [9.17, 15) is 14.4 Å². The van der Waals surface area contributed by atoms with Crippen molar-refractivity contribution in [2.24, 2.45) is 0 Å². The number of ether oxygens (including phenoxy) is 1. The third kappa shape index (κ3) is 3.32. The van der Waals surface area contributed by atoms with Crippen molar-refractivity contribution >= 4 is 21.9 Å².